The van der Waals surface area contributed by atoms with E-state index in [9.17, 15) is 0 Å². The lowest BCUT2D eigenvalue weighted by Crippen LogP contribution is -1.57. The second-order valence-corrected chi connectivity index (χ2v) is 3.71. The normalized spacial score (nSPS) is 8.89. The van der Waals surface area contributed by atoms with Crippen molar-refractivity contribution < 1.29 is 0 Å². The summed E-state index contributed by atoms with van der Waals surface area (Å²) < 4.78 is 0.968. The minimum Gasteiger partial charge on any atom is -0.249 e. The van der Waals surface area contributed by atoms with Crippen LogP contribution in [0.1, 0.15) is 5.01 Å². The first-order valence-electron chi connectivity index (χ1n) is 2.31. The molecule has 1 rings (SSSR count). The molecule has 1 heterocycles. The Morgan fingerprint density at radius 3 is 3.11 bits per heavy atom. The number of hydrogen-bond donors (Lipinski definition) is 0. The average molecular weight is 156 g/mol. The number of rotatable bonds is 1. The van der Waals surface area contributed by atoms with Gasteiger partial charge in [0.15, 0.2) is 0 Å². The summed E-state index contributed by atoms with van der Waals surface area (Å²) in [5.74, 6) is 0. The van der Waals surface area contributed by atoms with E-state index in [4.69, 9.17) is 5.26 Å². The molecule has 0 N–H and O–H groups in total. The van der Waals surface area contributed by atoms with Crippen LogP contribution in [0, 0.1) is 17.6 Å². The fourth-order valence-electron chi connectivity index (χ4n) is 0.434. The number of nitrogens with zero attached hydrogens (tertiary/aromatic N) is 2. The van der Waals surface area contributed by atoms with Gasteiger partial charge in [-0.2, -0.15) is 5.26 Å². The highest BCUT2D eigenvalue weighted by atomic mass is 32.2. The largest absolute Gasteiger partial charge is 0.249 e. The summed E-state index contributed by atoms with van der Waals surface area (Å²) in [6, 6.07) is 0. The Bertz CT molecular complexity index is 235. The van der Waals surface area contributed by atoms with Crippen LogP contribution in [0.4, 0.5) is 0 Å². The fraction of sp³-hybridized carbons (Fsp3) is 0.200. The van der Waals surface area contributed by atoms with Crippen LogP contribution < -0.4 is 0 Å². The van der Waals surface area contributed by atoms with E-state index in [0.717, 1.165) is 21.0 Å². The molecule has 0 amide bonds. The molecule has 0 aliphatic carbocycles. The SMILES string of the molecule is Cc1ncc(SC#N)s1. The predicted molar refractivity (Wildman–Crippen MR) is 38.3 cm³/mol. The molecule has 1 aromatic rings. The van der Waals surface area contributed by atoms with Crippen molar-refractivity contribution in [2.24, 2.45) is 0 Å². The lowest BCUT2D eigenvalue weighted by atomic mass is 10.8. The maximum atomic E-state index is 8.22. The van der Waals surface area contributed by atoms with Gasteiger partial charge in [0.05, 0.1) is 15.4 Å². The Labute approximate surface area is 61.5 Å². The lowest BCUT2D eigenvalue weighted by Gasteiger charge is -1.75. The highest BCUT2D eigenvalue weighted by Crippen LogP contribution is 2.22. The van der Waals surface area contributed by atoms with E-state index in [-0.39, 0.29) is 0 Å². The zero-order valence-corrected chi connectivity index (χ0v) is 6.42. The molecule has 1 aromatic heterocycles. The van der Waals surface area contributed by atoms with Gasteiger partial charge in [-0.1, -0.05) is 0 Å². The first-order chi connectivity index (χ1) is 4.33. The van der Waals surface area contributed by atoms with E-state index < -0.39 is 0 Å². The third kappa shape index (κ3) is 1.70. The molecule has 0 saturated heterocycles. The molecule has 9 heavy (non-hydrogen) atoms. The van der Waals surface area contributed by atoms with E-state index in [1.165, 1.54) is 0 Å². The van der Waals surface area contributed by atoms with Gasteiger partial charge in [-0.05, 0) is 6.92 Å². The van der Waals surface area contributed by atoms with Crippen LogP contribution in [0.5, 0.6) is 0 Å². The third-order valence-electron chi connectivity index (χ3n) is 0.746. The summed E-state index contributed by atoms with van der Waals surface area (Å²) in [4.78, 5) is 3.98. The van der Waals surface area contributed by atoms with E-state index >= 15 is 0 Å². The summed E-state index contributed by atoms with van der Waals surface area (Å²) in [5.41, 5.74) is 0. The predicted octanol–water partition coefficient (Wildman–Crippen LogP) is 2.02. The minimum atomic E-state index is 0.968. The number of thiocyanates is 1. The van der Waals surface area contributed by atoms with Crippen molar-refractivity contribution in [1.82, 2.24) is 4.98 Å². The summed E-state index contributed by atoms with van der Waals surface area (Å²) >= 11 is 2.70. The Hall–Kier alpha value is -0.530. The van der Waals surface area contributed by atoms with Crippen molar-refractivity contribution in [1.29, 1.82) is 5.26 Å². The number of aryl methyl sites for hydroxylation is 1. The molecule has 2 nitrogen and oxygen atoms in total. The molecular formula is C5H4N2S2. The molecule has 0 saturated carbocycles. The van der Waals surface area contributed by atoms with Gasteiger partial charge in [-0.25, -0.2) is 4.98 Å². The van der Waals surface area contributed by atoms with E-state index in [0.29, 0.717) is 0 Å². The van der Waals surface area contributed by atoms with Crippen LogP contribution in [0.2, 0.25) is 0 Å². The highest BCUT2D eigenvalue weighted by Gasteiger charge is 1.95. The Balaban J connectivity index is 2.76. The maximum absolute atomic E-state index is 8.22. The van der Waals surface area contributed by atoms with Crippen LogP contribution in [-0.2, 0) is 0 Å². The van der Waals surface area contributed by atoms with Crippen molar-refractivity contribution in [3.8, 4) is 5.40 Å². The van der Waals surface area contributed by atoms with E-state index in [1.807, 2.05) is 12.3 Å². The number of thioether (sulfide) groups is 1. The van der Waals surface area contributed by atoms with Gasteiger partial charge < -0.3 is 0 Å². The van der Waals surface area contributed by atoms with Crippen LogP contribution in [-0.4, -0.2) is 4.98 Å². The van der Waals surface area contributed by atoms with Gasteiger partial charge in [0.2, 0.25) is 0 Å². The monoisotopic (exact) mass is 156 g/mol. The van der Waals surface area contributed by atoms with Crippen molar-refractivity contribution >= 4 is 23.1 Å². The molecule has 0 unspecified atom stereocenters. The Morgan fingerprint density at radius 2 is 2.67 bits per heavy atom. The van der Waals surface area contributed by atoms with Gasteiger partial charge in [-0.15, -0.1) is 11.3 Å². The van der Waals surface area contributed by atoms with Crippen molar-refractivity contribution in [2.75, 3.05) is 0 Å². The molecule has 0 aliphatic heterocycles. The van der Waals surface area contributed by atoms with Crippen molar-refractivity contribution in [2.45, 2.75) is 11.1 Å². The zero-order chi connectivity index (χ0) is 6.69. The molecule has 0 bridgehead atoms. The molecule has 46 valence electrons. The molecule has 0 aromatic carbocycles. The van der Waals surface area contributed by atoms with Crippen LogP contribution >= 0.6 is 23.1 Å². The van der Waals surface area contributed by atoms with Gasteiger partial charge in [0, 0.05) is 11.8 Å². The smallest absolute Gasteiger partial charge is 0.139 e. The number of aromatic nitrogens is 1. The van der Waals surface area contributed by atoms with Crippen molar-refractivity contribution in [3.05, 3.63) is 11.2 Å². The zero-order valence-electron chi connectivity index (χ0n) is 4.79. The topological polar surface area (TPSA) is 36.7 Å². The molecule has 0 aliphatic rings. The molecule has 0 fully saturated rings. The second kappa shape index (κ2) is 2.85. The molecule has 0 spiro atoms. The third-order valence-corrected chi connectivity index (χ3v) is 2.35. The summed E-state index contributed by atoms with van der Waals surface area (Å²) in [6.07, 6.45) is 1.72. The Morgan fingerprint density at radius 1 is 1.89 bits per heavy atom. The maximum Gasteiger partial charge on any atom is 0.139 e. The summed E-state index contributed by atoms with van der Waals surface area (Å²) in [5, 5.41) is 11.2. The molecule has 0 atom stereocenters. The molecule has 4 heteroatoms. The molecular weight excluding hydrogens is 152 g/mol. The van der Waals surface area contributed by atoms with Gasteiger partial charge in [0.1, 0.15) is 5.40 Å². The first kappa shape index (κ1) is 6.59. The Kier molecular flexibility index (Phi) is 2.09. The fourth-order valence-corrected chi connectivity index (χ4v) is 1.77. The minimum absolute atomic E-state index is 0.968. The van der Waals surface area contributed by atoms with Crippen molar-refractivity contribution in [3.63, 3.8) is 0 Å². The summed E-state index contributed by atoms with van der Waals surface area (Å²) in [6.45, 7) is 1.92. The average Bonchev–Trinajstić information content (AvgIpc) is 2.17. The van der Waals surface area contributed by atoms with E-state index in [1.54, 1.807) is 17.5 Å². The lowest BCUT2D eigenvalue weighted by molar-refractivity contribution is 1.28. The van der Waals surface area contributed by atoms with Gasteiger partial charge >= 0.3 is 0 Å². The van der Waals surface area contributed by atoms with Crippen LogP contribution in [0.3, 0.4) is 0 Å². The van der Waals surface area contributed by atoms with Crippen LogP contribution in [0.15, 0.2) is 10.4 Å². The number of nitriles is 1. The number of thiazole rings is 1. The standard InChI is InChI=1S/C5H4N2S2/c1-4-7-2-5(9-4)8-3-6/h2H,1H3. The van der Waals surface area contributed by atoms with Gasteiger partial charge in [-0.3, -0.25) is 0 Å². The second-order valence-electron chi connectivity index (χ2n) is 1.39. The van der Waals surface area contributed by atoms with E-state index in [2.05, 4.69) is 4.98 Å². The summed E-state index contributed by atoms with van der Waals surface area (Å²) in [7, 11) is 0. The first-order valence-corrected chi connectivity index (χ1v) is 3.94. The number of hydrogen-bond acceptors (Lipinski definition) is 4. The highest BCUT2D eigenvalue weighted by molar-refractivity contribution is 8.05. The quantitative estimate of drug-likeness (QED) is 0.461. The van der Waals surface area contributed by atoms with Gasteiger partial charge in [0.25, 0.3) is 0 Å². The van der Waals surface area contributed by atoms with Crippen LogP contribution in [0.25, 0.3) is 0 Å². The molecule has 0 radical (unpaired) electrons.